The van der Waals surface area contributed by atoms with Crippen molar-refractivity contribution in [3.63, 3.8) is 0 Å². The normalized spacial score (nSPS) is 11.1. The molecule has 0 spiro atoms. The topological polar surface area (TPSA) is 125 Å². The maximum absolute atomic E-state index is 14.5. The summed E-state index contributed by atoms with van der Waals surface area (Å²) in [5.74, 6) is 0.0310. The van der Waals surface area contributed by atoms with Crippen LogP contribution in [0, 0.1) is 5.82 Å². The third-order valence-corrected chi connectivity index (χ3v) is 6.28. The van der Waals surface area contributed by atoms with Gasteiger partial charge in [-0.1, -0.05) is 12.1 Å². The lowest BCUT2D eigenvalue weighted by Crippen LogP contribution is -2.15. The summed E-state index contributed by atoms with van der Waals surface area (Å²) in [5, 5.41) is 7.89. The number of hydrogen-bond donors (Lipinski definition) is 1. The minimum atomic E-state index is -3.71. The molecule has 0 atom stereocenters. The van der Waals surface area contributed by atoms with Crippen LogP contribution in [-0.4, -0.2) is 48.6 Å². The average molecular weight is 512 g/mol. The summed E-state index contributed by atoms with van der Waals surface area (Å²) < 4.78 is 58.8. The molecule has 4 aromatic rings. The molecule has 0 bridgehead atoms. The van der Waals surface area contributed by atoms with E-state index in [0.717, 1.165) is 12.1 Å². The largest absolute Gasteiger partial charge is 0.493 e. The zero-order valence-corrected chi connectivity index (χ0v) is 20.4. The van der Waals surface area contributed by atoms with Crippen LogP contribution in [0.3, 0.4) is 0 Å². The van der Waals surface area contributed by atoms with E-state index in [-0.39, 0.29) is 40.2 Å². The third-order valence-electron chi connectivity index (χ3n) is 4.99. The highest BCUT2D eigenvalue weighted by atomic mass is 32.2. The number of anilines is 1. The van der Waals surface area contributed by atoms with Crippen molar-refractivity contribution in [1.82, 2.24) is 20.2 Å². The molecule has 2 aromatic heterocycles. The van der Waals surface area contributed by atoms with Gasteiger partial charge in [0.15, 0.2) is 17.3 Å². The maximum Gasteiger partial charge on any atom is 0.261 e. The summed E-state index contributed by atoms with van der Waals surface area (Å²) >= 11 is 0. The van der Waals surface area contributed by atoms with Crippen molar-refractivity contribution < 1.29 is 27.0 Å². The minimum Gasteiger partial charge on any atom is -0.493 e. The second kappa shape index (κ2) is 10.5. The molecule has 0 saturated heterocycles. The number of halogens is 1. The van der Waals surface area contributed by atoms with Crippen LogP contribution >= 0.6 is 0 Å². The smallest absolute Gasteiger partial charge is 0.261 e. The molecule has 0 amide bonds. The zero-order chi connectivity index (χ0) is 25.7. The van der Waals surface area contributed by atoms with Gasteiger partial charge in [-0.15, -0.1) is 5.10 Å². The first-order valence-electron chi connectivity index (χ1n) is 10.7. The molecule has 2 aromatic carbocycles. The van der Waals surface area contributed by atoms with Crippen molar-refractivity contribution in [3.05, 3.63) is 66.6 Å². The molecule has 10 nitrogen and oxygen atoms in total. The van der Waals surface area contributed by atoms with Crippen molar-refractivity contribution in [1.29, 1.82) is 0 Å². The number of benzene rings is 2. The summed E-state index contributed by atoms with van der Waals surface area (Å²) in [6.45, 7) is 1.49. The first-order chi connectivity index (χ1) is 17.3. The molecule has 0 radical (unpaired) electrons. The third kappa shape index (κ3) is 5.33. The van der Waals surface area contributed by atoms with Crippen molar-refractivity contribution in [2.45, 2.75) is 6.92 Å². The Morgan fingerprint density at radius 3 is 2.42 bits per heavy atom. The van der Waals surface area contributed by atoms with Crippen molar-refractivity contribution in [3.8, 4) is 45.9 Å². The second-order valence-electron chi connectivity index (χ2n) is 7.29. The molecule has 0 aliphatic rings. The Kier molecular flexibility index (Phi) is 7.25. The number of nitrogens with zero attached hydrogens (tertiary/aromatic N) is 4. The molecule has 0 aliphatic heterocycles. The van der Waals surface area contributed by atoms with Crippen LogP contribution in [0.25, 0.3) is 22.8 Å². The molecule has 0 fully saturated rings. The van der Waals surface area contributed by atoms with E-state index >= 15 is 0 Å². The number of nitrogens with one attached hydrogen (secondary N) is 1. The van der Waals surface area contributed by atoms with Gasteiger partial charge in [-0.2, -0.15) is 10.1 Å². The van der Waals surface area contributed by atoms with Crippen LogP contribution in [0.4, 0.5) is 10.1 Å². The Bertz CT molecular complexity index is 1490. The van der Waals surface area contributed by atoms with Gasteiger partial charge in [-0.3, -0.25) is 4.72 Å². The predicted octanol–water partition coefficient (Wildman–Crippen LogP) is 4.31. The van der Waals surface area contributed by atoms with E-state index < -0.39 is 15.8 Å². The Morgan fingerprint density at radius 2 is 1.75 bits per heavy atom. The monoisotopic (exact) mass is 511 g/mol. The van der Waals surface area contributed by atoms with Gasteiger partial charge in [0.2, 0.25) is 15.8 Å². The standard InChI is InChI=1S/C24H22FN5O5S/c1-4-36(31,32)30-17-12-11-15(25)14-16(17)21-22(35-20-10-6-5-9-19(20)33-2)24(34-3)28-23(27-21)18-8-7-13-26-29-18/h5-14,30H,4H2,1-3H3. The molecule has 0 saturated carbocycles. The Balaban J connectivity index is 2.00. The maximum atomic E-state index is 14.5. The molecule has 186 valence electrons. The van der Waals surface area contributed by atoms with Crippen molar-refractivity contribution >= 4 is 15.7 Å². The first kappa shape index (κ1) is 24.8. The molecular weight excluding hydrogens is 489 g/mol. The van der Waals surface area contributed by atoms with Gasteiger partial charge in [0.05, 0.1) is 25.7 Å². The van der Waals surface area contributed by atoms with E-state index in [1.165, 1.54) is 33.4 Å². The predicted molar refractivity (Wildman–Crippen MR) is 131 cm³/mol. The summed E-state index contributed by atoms with van der Waals surface area (Å²) in [5.41, 5.74) is 0.562. The van der Waals surface area contributed by atoms with Gasteiger partial charge in [0, 0.05) is 11.8 Å². The lowest BCUT2D eigenvalue weighted by atomic mass is 10.1. The van der Waals surface area contributed by atoms with Gasteiger partial charge in [-0.25, -0.2) is 17.8 Å². The number of ether oxygens (including phenoxy) is 3. The van der Waals surface area contributed by atoms with Crippen LogP contribution in [-0.2, 0) is 10.0 Å². The van der Waals surface area contributed by atoms with E-state index in [2.05, 4.69) is 24.9 Å². The van der Waals surface area contributed by atoms with Gasteiger partial charge in [0.25, 0.3) is 5.88 Å². The molecule has 36 heavy (non-hydrogen) atoms. The number of rotatable bonds is 9. The van der Waals surface area contributed by atoms with Crippen LogP contribution in [0.1, 0.15) is 6.92 Å². The van der Waals surface area contributed by atoms with Gasteiger partial charge in [-0.05, 0) is 49.4 Å². The second-order valence-corrected chi connectivity index (χ2v) is 9.30. The van der Waals surface area contributed by atoms with E-state index in [1.807, 2.05) is 0 Å². The lowest BCUT2D eigenvalue weighted by molar-refractivity contribution is 0.347. The summed E-state index contributed by atoms with van der Waals surface area (Å²) in [6.07, 6.45) is 1.49. The zero-order valence-electron chi connectivity index (χ0n) is 19.6. The van der Waals surface area contributed by atoms with E-state index in [0.29, 0.717) is 17.2 Å². The molecule has 0 aliphatic carbocycles. The van der Waals surface area contributed by atoms with Crippen LogP contribution in [0.2, 0.25) is 0 Å². The number of methoxy groups -OCH3 is 2. The fraction of sp³-hybridized carbons (Fsp3) is 0.167. The van der Waals surface area contributed by atoms with Gasteiger partial charge in [0.1, 0.15) is 17.2 Å². The molecule has 0 unspecified atom stereocenters. The highest BCUT2D eigenvalue weighted by Gasteiger charge is 2.25. The fourth-order valence-corrected chi connectivity index (χ4v) is 3.89. The van der Waals surface area contributed by atoms with Crippen LogP contribution in [0.15, 0.2) is 60.8 Å². The average Bonchev–Trinajstić information content (AvgIpc) is 2.90. The quantitative estimate of drug-likeness (QED) is 0.350. The lowest BCUT2D eigenvalue weighted by Gasteiger charge is -2.18. The number of sulfonamides is 1. The summed E-state index contributed by atoms with van der Waals surface area (Å²) in [7, 11) is -0.839. The summed E-state index contributed by atoms with van der Waals surface area (Å²) in [6, 6.07) is 13.7. The van der Waals surface area contributed by atoms with Crippen LogP contribution in [0.5, 0.6) is 23.1 Å². The Labute approximate surface area is 207 Å². The fourth-order valence-electron chi connectivity index (χ4n) is 3.23. The van der Waals surface area contributed by atoms with E-state index in [9.17, 15) is 12.8 Å². The molecule has 1 N–H and O–H groups in total. The molecule has 4 rings (SSSR count). The molecule has 2 heterocycles. The Hall–Kier alpha value is -4.32. The first-order valence-corrected chi connectivity index (χ1v) is 12.4. The number of hydrogen-bond acceptors (Lipinski definition) is 9. The van der Waals surface area contributed by atoms with Crippen molar-refractivity contribution in [2.24, 2.45) is 0 Å². The molecule has 12 heteroatoms. The highest BCUT2D eigenvalue weighted by Crippen LogP contribution is 2.44. The van der Waals surface area contributed by atoms with Crippen molar-refractivity contribution in [2.75, 3.05) is 24.7 Å². The number of para-hydroxylation sites is 2. The SMILES string of the molecule is CCS(=O)(=O)Nc1ccc(F)cc1-c1nc(-c2cccnn2)nc(OC)c1Oc1ccccc1OC. The van der Waals surface area contributed by atoms with Gasteiger partial charge < -0.3 is 14.2 Å². The number of aromatic nitrogens is 4. The summed E-state index contributed by atoms with van der Waals surface area (Å²) in [4.78, 5) is 8.98. The van der Waals surface area contributed by atoms with Crippen LogP contribution < -0.4 is 18.9 Å². The Morgan fingerprint density at radius 1 is 0.972 bits per heavy atom. The highest BCUT2D eigenvalue weighted by molar-refractivity contribution is 7.92. The minimum absolute atomic E-state index is 0.000110. The molecular formula is C24H22FN5O5S. The van der Waals surface area contributed by atoms with Gasteiger partial charge >= 0.3 is 0 Å². The van der Waals surface area contributed by atoms with E-state index in [4.69, 9.17) is 14.2 Å². The van der Waals surface area contributed by atoms with E-state index in [1.54, 1.807) is 36.4 Å².